The van der Waals surface area contributed by atoms with E-state index in [0.29, 0.717) is 5.69 Å². The molecule has 20 heavy (non-hydrogen) atoms. The molecule has 5 nitrogen and oxygen atoms in total. The van der Waals surface area contributed by atoms with Crippen LogP contribution < -0.4 is 10.6 Å². The first kappa shape index (κ1) is 16.9. The van der Waals surface area contributed by atoms with E-state index in [-0.39, 0.29) is 5.11 Å². The van der Waals surface area contributed by atoms with Crippen molar-refractivity contribution in [3.63, 3.8) is 0 Å². The van der Waals surface area contributed by atoms with Crippen molar-refractivity contribution < 1.29 is 27.2 Å². The van der Waals surface area contributed by atoms with Gasteiger partial charge >= 0.3 is 13.8 Å². The Hall–Kier alpha value is -1.15. The minimum Gasteiger partial charge on any atom is -0.351 e. The summed E-state index contributed by atoms with van der Waals surface area (Å²) in [6, 6.07) is 4.20. The molecule has 0 spiro atoms. The van der Waals surface area contributed by atoms with E-state index >= 15 is 0 Å². The highest BCUT2D eigenvalue weighted by Crippen LogP contribution is 2.38. The zero-order valence-electron chi connectivity index (χ0n) is 10.3. The first-order chi connectivity index (χ1) is 9.14. The average Bonchev–Trinajstić information content (AvgIpc) is 2.36. The molecule has 0 aromatic heterocycles. The maximum absolute atomic E-state index is 12.3. The van der Waals surface area contributed by atoms with Gasteiger partial charge in [-0.15, -0.1) is 0 Å². The van der Waals surface area contributed by atoms with Gasteiger partial charge in [-0.3, -0.25) is 4.57 Å². The fourth-order valence-corrected chi connectivity index (χ4v) is 1.94. The molecule has 1 rings (SSSR count). The largest absolute Gasteiger partial charge is 0.416 e. The van der Waals surface area contributed by atoms with Crippen LogP contribution in [0.15, 0.2) is 24.3 Å². The molecule has 1 atom stereocenters. The van der Waals surface area contributed by atoms with Gasteiger partial charge in [0.15, 0.2) is 5.11 Å². The summed E-state index contributed by atoms with van der Waals surface area (Å²) in [7, 11) is -2.67. The van der Waals surface area contributed by atoms with Crippen molar-refractivity contribution in [3.05, 3.63) is 29.8 Å². The monoisotopic (exact) mass is 328 g/mol. The summed E-state index contributed by atoms with van der Waals surface area (Å²) in [5, 5.41) is 5.01. The van der Waals surface area contributed by atoms with Gasteiger partial charge < -0.3 is 20.1 Å². The molecule has 0 saturated heterocycles. The quantitative estimate of drug-likeness (QED) is 0.583. The zero-order chi connectivity index (χ0) is 15.4. The summed E-state index contributed by atoms with van der Waals surface area (Å²) in [5.74, 6) is 0. The van der Waals surface area contributed by atoms with Gasteiger partial charge in [-0.05, 0) is 36.5 Å². The Bertz CT molecular complexity index is 521. The lowest BCUT2D eigenvalue weighted by molar-refractivity contribution is -0.137. The van der Waals surface area contributed by atoms with Crippen molar-refractivity contribution in [2.75, 3.05) is 18.7 Å². The van der Waals surface area contributed by atoms with Crippen LogP contribution in [0.3, 0.4) is 0 Å². The summed E-state index contributed by atoms with van der Waals surface area (Å²) < 4.78 is 52.5. The fraction of sp³-hybridized carbons (Fsp3) is 0.300. The average molecular weight is 328 g/mol. The molecule has 1 aromatic rings. The van der Waals surface area contributed by atoms with Crippen molar-refractivity contribution >= 4 is 30.6 Å². The first-order valence-corrected chi connectivity index (χ1v) is 7.41. The number of hydrogen-bond donors (Lipinski definition) is 3. The predicted octanol–water partition coefficient (Wildman–Crippen LogP) is 2.78. The van der Waals surface area contributed by atoms with E-state index in [0.717, 1.165) is 19.2 Å². The summed E-state index contributed by atoms with van der Waals surface area (Å²) in [6.45, 7) is 0. The molecular formula is C10H12F3N2O3PS. The summed E-state index contributed by atoms with van der Waals surface area (Å²) in [6.07, 6.45) is -4.81. The highest BCUT2D eigenvalue weighted by Gasteiger charge is 2.29. The van der Waals surface area contributed by atoms with Crippen LogP contribution in [-0.2, 0) is 15.3 Å². The Labute approximate surface area is 118 Å². The molecule has 0 fully saturated rings. The van der Waals surface area contributed by atoms with Crippen LogP contribution in [0.4, 0.5) is 18.9 Å². The third kappa shape index (κ3) is 5.46. The molecule has 0 bridgehead atoms. The van der Waals surface area contributed by atoms with E-state index in [9.17, 15) is 17.7 Å². The second kappa shape index (κ2) is 6.53. The normalized spacial score (nSPS) is 14.4. The van der Waals surface area contributed by atoms with Crippen molar-refractivity contribution in [1.82, 2.24) is 5.32 Å². The first-order valence-electron chi connectivity index (χ1n) is 5.24. The molecule has 0 amide bonds. The molecule has 1 unspecified atom stereocenters. The molecule has 10 heteroatoms. The van der Waals surface area contributed by atoms with Gasteiger partial charge in [0.2, 0.25) is 0 Å². The summed E-state index contributed by atoms with van der Waals surface area (Å²) in [5.41, 5.74) is -0.457. The standard InChI is InChI=1S/C10H12F3N2O3PS/c1-18-19(16,17)6-14-9(20)15-8-4-2-7(3-5-8)10(11,12)13/h2-5H,6H2,1H3,(H,16,17)(H2,14,15,20). The lowest BCUT2D eigenvalue weighted by Gasteiger charge is -2.13. The molecule has 112 valence electrons. The van der Waals surface area contributed by atoms with Crippen LogP contribution in [0.2, 0.25) is 0 Å². The lowest BCUT2D eigenvalue weighted by atomic mass is 10.2. The molecule has 0 heterocycles. The molecule has 3 N–H and O–H groups in total. The van der Waals surface area contributed by atoms with Crippen molar-refractivity contribution in [2.24, 2.45) is 0 Å². The molecule has 0 radical (unpaired) electrons. The Balaban J connectivity index is 2.57. The minimum absolute atomic E-state index is 0.00363. The van der Waals surface area contributed by atoms with Crippen LogP contribution in [0.1, 0.15) is 5.56 Å². The van der Waals surface area contributed by atoms with Gasteiger partial charge in [0.05, 0.1) is 5.56 Å². The van der Waals surface area contributed by atoms with Gasteiger partial charge in [0, 0.05) is 12.8 Å². The van der Waals surface area contributed by atoms with E-state index in [2.05, 4.69) is 15.2 Å². The number of rotatable bonds is 4. The van der Waals surface area contributed by atoms with E-state index in [1.165, 1.54) is 12.1 Å². The zero-order valence-corrected chi connectivity index (χ0v) is 12.0. The number of hydrogen-bond acceptors (Lipinski definition) is 3. The molecule has 0 aliphatic heterocycles. The highest BCUT2D eigenvalue weighted by atomic mass is 32.1. The third-order valence-electron chi connectivity index (χ3n) is 2.19. The molecular weight excluding hydrogens is 316 g/mol. The smallest absolute Gasteiger partial charge is 0.351 e. The second-order valence-corrected chi connectivity index (χ2v) is 6.05. The van der Waals surface area contributed by atoms with E-state index in [1.54, 1.807) is 0 Å². The van der Waals surface area contributed by atoms with Gasteiger partial charge in [-0.2, -0.15) is 13.2 Å². The van der Waals surface area contributed by atoms with Gasteiger partial charge in [0.1, 0.15) is 6.29 Å². The number of alkyl halides is 3. The Morgan fingerprint density at radius 1 is 1.40 bits per heavy atom. The van der Waals surface area contributed by atoms with Crippen LogP contribution in [-0.4, -0.2) is 23.4 Å². The fourth-order valence-electron chi connectivity index (χ4n) is 1.15. The molecule has 1 aromatic carbocycles. The van der Waals surface area contributed by atoms with Gasteiger partial charge in [-0.1, -0.05) is 0 Å². The minimum atomic E-state index is -4.40. The Morgan fingerprint density at radius 3 is 2.40 bits per heavy atom. The highest BCUT2D eigenvalue weighted by molar-refractivity contribution is 7.80. The molecule has 0 aliphatic rings. The maximum atomic E-state index is 12.3. The van der Waals surface area contributed by atoms with Crippen LogP contribution in [0, 0.1) is 0 Å². The predicted molar refractivity (Wildman–Crippen MR) is 72.5 cm³/mol. The number of halogens is 3. The lowest BCUT2D eigenvalue weighted by Crippen LogP contribution is -2.29. The topological polar surface area (TPSA) is 70.6 Å². The molecule has 0 saturated carbocycles. The van der Waals surface area contributed by atoms with Gasteiger partial charge in [0.25, 0.3) is 0 Å². The van der Waals surface area contributed by atoms with Crippen LogP contribution in [0.5, 0.6) is 0 Å². The maximum Gasteiger partial charge on any atom is 0.416 e. The van der Waals surface area contributed by atoms with Crippen molar-refractivity contribution in [1.29, 1.82) is 0 Å². The SMILES string of the molecule is COP(=O)(O)CNC(=S)Nc1ccc(C(F)(F)F)cc1. The summed E-state index contributed by atoms with van der Waals surface area (Å²) >= 11 is 4.83. The van der Waals surface area contributed by atoms with Crippen LogP contribution in [0.25, 0.3) is 0 Å². The van der Waals surface area contributed by atoms with Crippen molar-refractivity contribution in [2.45, 2.75) is 6.18 Å². The Morgan fingerprint density at radius 2 is 1.95 bits per heavy atom. The van der Waals surface area contributed by atoms with Crippen molar-refractivity contribution in [3.8, 4) is 0 Å². The third-order valence-corrected chi connectivity index (χ3v) is 3.57. The number of anilines is 1. The van der Waals surface area contributed by atoms with E-state index < -0.39 is 25.6 Å². The summed E-state index contributed by atoms with van der Waals surface area (Å²) in [4.78, 5) is 9.12. The van der Waals surface area contributed by atoms with E-state index in [4.69, 9.17) is 17.1 Å². The van der Waals surface area contributed by atoms with Gasteiger partial charge in [-0.25, -0.2) is 0 Å². The molecule has 0 aliphatic carbocycles. The van der Waals surface area contributed by atoms with E-state index in [1.807, 2.05) is 0 Å². The number of thiocarbonyl (C=S) groups is 1. The number of benzene rings is 1. The Kier molecular flexibility index (Phi) is 5.52. The number of nitrogens with one attached hydrogen (secondary N) is 2. The van der Waals surface area contributed by atoms with Crippen LogP contribution >= 0.6 is 19.8 Å². The second-order valence-electron chi connectivity index (χ2n) is 3.68.